The predicted molar refractivity (Wildman–Crippen MR) is 101 cm³/mol. The van der Waals surface area contributed by atoms with Gasteiger partial charge >= 0.3 is 6.03 Å². The Morgan fingerprint density at radius 1 is 1.07 bits per heavy atom. The van der Waals surface area contributed by atoms with Gasteiger partial charge in [-0.25, -0.2) is 14.2 Å². The molecule has 1 saturated heterocycles. The fourth-order valence-electron chi connectivity index (χ4n) is 3.43. The van der Waals surface area contributed by atoms with Gasteiger partial charge in [0, 0.05) is 24.8 Å². The van der Waals surface area contributed by atoms with Crippen LogP contribution in [0.15, 0.2) is 59.7 Å². The fourth-order valence-corrected chi connectivity index (χ4v) is 3.43. The number of hydrogen-bond acceptors (Lipinski definition) is 3. The number of fused-ring (bicyclic) bond motifs is 1. The molecule has 0 atom stereocenters. The van der Waals surface area contributed by atoms with Gasteiger partial charge < -0.3 is 10.2 Å². The first-order valence-electron chi connectivity index (χ1n) is 8.89. The summed E-state index contributed by atoms with van der Waals surface area (Å²) in [4.78, 5) is 31.2. The second-order valence-corrected chi connectivity index (χ2v) is 6.63. The number of urea groups is 1. The summed E-state index contributed by atoms with van der Waals surface area (Å²) in [5.41, 5.74) is 1.20. The minimum Gasteiger partial charge on any atom is -0.324 e. The van der Waals surface area contributed by atoms with E-state index in [4.69, 9.17) is 0 Å². The zero-order valence-electron chi connectivity index (χ0n) is 14.6. The van der Waals surface area contributed by atoms with Crippen molar-refractivity contribution in [3.05, 3.63) is 71.0 Å². The number of nitrogens with one attached hydrogen (secondary N) is 1. The number of nitrogens with zero attached hydrogens (tertiary/aromatic N) is 3. The monoisotopic (exact) mass is 366 g/mol. The quantitative estimate of drug-likeness (QED) is 0.756. The lowest BCUT2D eigenvalue weighted by molar-refractivity contribution is 0.182. The topological polar surface area (TPSA) is 67.2 Å². The van der Waals surface area contributed by atoms with Gasteiger partial charge in [0.2, 0.25) is 0 Å². The molecular weight excluding hydrogens is 347 g/mol. The van der Waals surface area contributed by atoms with Crippen LogP contribution < -0.4 is 10.9 Å². The molecule has 27 heavy (non-hydrogen) atoms. The molecule has 0 aliphatic carbocycles. The van der Waals surface area contributed by atoms with Crippen molar-refractivity contribution in [2.24, 2.45) is 0 Å². The summed E-state index contributed by atoms with van der Waals surface area (Å²) in [5.74, 6) is -0.344. The van der Waals surface area contributed by atoms with Crippen molar-refractivity contribution in [1.82, 2.24) is 14.5 Å². The van der Waals surface area contributed by atoms with Crippen LogP contribution in [0.3, 0.4) is 0 Å². The summed E-state index contributed by atoms with van der Waals surface area (Å²) in [5, 5.41) is 3.38. The third kappa shape index (κ3) is 3.53. The molecule has 2 aromatic carbocycles. The van der Waals surface area contributed by atoms with Crippen molar-refractivity contribution in [2.75, 3.05) is 18.4 Å². The van der Waals surface area contributed by atoms with Crippen LogP contribution in [0.4, 0.5) is 14.9 Å². The Hall–Kier alpha value is -3.22. The van der Waals surface area contributed by atoms with E-state index in [-0.39, 0.29) is 23.4 Å². The molecule has 1 aliphatic heterocycles. The molecule has 2 heterocycles. The first-order chi connectivity index (χ1) is 13.1. The molecule has 1 aliphatic rings. The number of likely N-dealkylation sites (tertiary alicyclic amines) is 1. The summed E-state index contributed by atoms with van der Waals surface area (Å²) < 4.78 is 14.6. The Morgan fingerprint density at radius 3 is 2.52 bits per heavy atom. The third-order valence-corrected chi connectivity index (χ3v) is 4.93. The molecule has 4 rings (SSSR count). The fraction of sp³-hybridized carbons (Fsp3) is 0.250. The Balaban J connectivity index is 1.43. The SMILES string of the molecule is O=C(Nc1ccc(F)cc1)N1CCC(n2cnc3ccccc3c2=O)CC1. The molecule has 7 heteroatoms. The maximum atomic E-state index is 13.0. The highest BCUT2D eigenvalue weighted by molar-refractivity contribution is 5.89. The Morgan fingerprint density at radius 2 is 1.78 bits per heavy atom. The van der Waals surface area contributed by atoms with Crippen LogP contribution >= 0.6 is 0 Å². The highest BCUT2D eigenvalue weighted by Crippen LogP contribution is 2.22. The average molecular weight is 366 g/mol. The summed E-state index contributed by atoms with van der Waals surface area (Å²) in [6, 6.07) is 12.8. The van der Waals surface area contributed by atoms with Crippen LogP contribution in [-0.2, 0) is 0 Å². The number of carbonyl (C=O) groups excluding carboxylic acids is 1. The molecule has 2 amide bonds. The van der Waals surface area contributed by atoms with Crippen LogP contribution in [0.25, 0.3) is 10.9 Å². The number of aromatic nitrogens is 2. The number of piperidine rings is 1. The van der Waals surface area contributed by atoms with Gasteiger partial charge in [0.25, 0.3) is 5.56 Å². The normalized spacial score (nSPS) is 15.1. The number of carbonyl (C=O) groups is 1. The van der Waals surface area contributed by atoms with E-state index in [9.17, 15) is 14.0 Å². The maximum absolute atomic E-state index is 13.0. The zero-order chi connectivity index (χ0) is 18.8. The third-order valence-electron chi connectivity index (χ3n) is 4.93. The predicted octanol–water partition coefficient (Wildman–Crippen LogP) is 3.40. The zero-order valence-corrected chi connectivity index (χ0v) is 14.6. The summed E-state index contributed by atoms with van der Waals surface area (Å²) in [6.07, 6.45) is 2.96. The van der Waals surface area contributed by atoms with Crippen molar-refractivity contribution < 1.29 is 9.18 Å². The summed E-state index contributed by atoms with van der Waals surface area (Å²) in [7, 11) is 0. The molecule has 0 radical (unpaired) electrons. The minimum absolute atomic E-state index is 0.0180. The molecule has 3 aromatic rings. The molecule has 0 spiro atoms. The number of anilines is 1. The van der Waals surface area contributed by atoms with Gasteiger partial charge in [-0.1, -0.05) is 12.1 Å². The van der Waals surface area contributed by atoms with E-state index in [2.05, 4.69) is 10.3 Å². The molecule has 0 unspecified atom stereocenters. The van der Waals surface area contributed by atoms with E-state index in [0.717, 1.165) is 0 Å². The van der Waals surface area contributed by atoms with E-state index < -0.39 is 0 Å². The number of benzene rings is 2. The molecular formula is C20H19FN4O2. The number of hydrogen-bond donors (Lipinski definition) is 1. The van der Waals surface area contributed by atoms with Crippen molar-refractivity contribution in [3.63, 3.8) is 0 Å². The van der Waals surface area contributed by atoms with Gasteiger partial charge in [-0.05, 0) is 49.2 Å². The van der Waals surface area contributed by atoms with Crippen LogP contribution in [-0.4, -0.2) is 33.6 Å². The second kappa shape index (κ2) is 7.19. The average Bonchev–Trinajstić information content (AvgIpc) is 2.70. The van der Waals surface area contributed by atoms with Crippen LogP contribution in [0, 0.1) is 5.82 Å². The van der Waals surface area contributed by atoms with Crippen molar-refractivity contribution in [1.29, 1.82) is 0 Å². The second-order valence-electron chi connectivity index (χ2n) is 6.63. The van der Waals surface area contributed by atoms with E-state index in [1.165, 1.54) is 24.3 Å². The highest BCUT2D eigenvalue weighted by Gasteiger charge is 2.25. The summed E-state index contributed by atoms with van der Waals surface area (Å²) >= 11 is 0. The molecule has 0 saturated carbocycles. The Labute approximate surface area is 155 Å². The first-order valence-corrected chi connectivity index (χ1v) is 8.89. The van der Waals surface area contributed by atoms with Crippen LogP contribution in [0.2, 0.25) is 0 Å². The van der Waals surface area contributed by atoms with E-state index >= 15 is 0 Å². The van der Waals surface area contributed by atoms with Gasteiger partial charge in [-0.2, -0.15) is 0 Å². The molecule has 138 valence electrons. The van der Waals surface area contributed by atoms with Gasteiger partial charge in [0.05, 0.1) is 17.2 Å². The standard InChI is InChI=1S/C20H19FN4O2/c21-14-5-7-15(8-6-14)23-20(27)24-11-9-16(10-12-24)25-13-22-18-4-2-1-3-17(18)19(25)26/h1-8,13,16H,9-12H2,(H,23,27). The van der Waals surface area contributed by atoms with Gasteiger partial charge in [-0.3, -0.25) is 9.36 Å². The summed E-state index contributed by atoms with van der Waals surface area (Å²) in [6.45, 7) is 1.08. The van der Waals surface area contributed by atoms with Crippen molar-refractivity contribution in [2.45, 2.75) is 18.9 Å². The maximum Gasteiger partial charge on any atom is 0.321 e. The van der Waals surface area contributed by atoms with Gasteiger partial charge in [-0.15, -0.1) is 0 Å². The molecule has 6 nitrogen and oxygen atoms in total. The van der Waals surface area contributed by atoms with Crippen molar-refractivity contribution >= 4 is 22.6 Å². The number of amides is 2. The number of para-hydroxylation sites is 1. The van der Waals surface area contributed by atoms with Gasteiger partial charge in [0.1, 0.15) is 5.82 Å². The van der Waals surface area contributed by atoms with E-state index in [1.807, 2.05) is 18.2 Å². The molecule has 1 fully saturated rings. The minimum atomic E-state index is -0.344. The lowest BCUT2D eigenvalue weighted by atomic mass is 10.0. The molecule has 1 N–H and O–H groups in total. The number of halogens is 1. The van der Waals surface area contributed by atoms with Crippen LogP contribution in [0.1, 0.15) is 18.9 Å². The lowest BCUT2D eigenvalue weighted by Crippen LogP contribution is -2.42. The number of rotatable bonds is 2. The Bertz CT molecular complexity index is 1020. The largest absolute Gasteiger partial charge is 0.324 e. The van der Waals surface area contributed by atoms with E-state index in [1.54, 1.807) is 21.9 Å². The van der Waals surface area contributed by atoms with Crippen molar-refractivity contribution in [3.8, 4) is 0 Å². The lowest BCUT2D eigenvalue weighted by Gasteiger charge is -2.32. The Kier molecular flexibility index (Phi) is 4.58. The smallest absolute Gasteiger partial charge is 0.321 e. The molecule has 0 bridgehead atoms. The first kappa shape index (κ1) is 17.2. The highest BCUT2D eigenvalue weighted by atomic mass is 19.1. The molecule has 1 aromatic heterocycles. The van der Waals surface area contributed by atoms with E-state index in [0.29, 0.717) is 42.5 Å². The van der Waals surface area contributed by atoms with Crippen LogP contribution in [0.5, 0.6) is 0 Å². The van der Waals surface area contributed by atoms with Gasteiger partial charge in [0.15, 0.2) is 0 Å².